The van der Waals surface area contributed by atoms with Crippen LogP contribution in [0.3, 0.4) is 0 Å². The van der Waals surface area contributed by atoms with Crippen molar-refractivity contribution < 1.29 is 4.74 Å². The predicted molar refractivity (Wildman–Crippen MR) is 88.1 cm³/mol. The smallest absolute Gasteiger partial charge is 0.124 e. The molecule has 0 saturated carbocycles. The largest absolute Gasteiger partial charge is 0.491 e. The van der Waals surface area contributed by atoms with Crippen LogP contribution < -0.4 is 10.1 Å². The topological polar surface area (TPSA) is 21.3 Å². The zero-order valence-corrected chi connectivity index (χ0v) is 14.2. The molecule has 0 saturated heterocycles. The van der Waals surface area contributed by atoms with Crippen LogP contribution >= 0.6 is 31.9 Å². The number of halogens is 2. The molecule has 0 aliphatic carbocycles. The molecule has 0 bridgehead atoms. The molecular weight excluding hydrogens is 382 g/mol. The molecular formula is C16H15Br2NO. The molecule has 20 heavy (non-hydrogen) atoms. The van der Waals surface area contributed by atoms with Gasteiger partial charge in [-0.25, -0.2) is 0 Å². The molecule has 4 heteroatoms. The van der Waals surface area contributed by atoms with Crippen molar-refractivity contribution in [3.05, 3.63) is 62.5 Å². The SMILES string of the molecule is CC(NC1COc2ccccc21)c1ccc(Br)cc1Br. The molecule has 2 aromatic carbocycles. The number of para-hydroxylation sites is 1. The first-order chi connectivity index (χ1) is 9.65. The van der Waals surface area contributed by atoms with Crippen molar-refractivity contribution in [1.82, 2.24) is 5.32 Å². The van der Waals surface area contributed by atoms with Crippen LogP contribution in [0.1, 0.15) is 30.1 Å². The van der Waals surface area contributed by atoms with Gasteiger partial charge in [0.25, 0.3) is 0 Å². The highest BCUT2D eigenvalue weighted by Crippen LogP contribution is 2.34. The van der Waals surface area contributed by atoms with Gasteiger partial charge in [-0.15, -0.1) is 0 Å². The van der Waals surface area contributed by atoms with E-state index in [9.17, 15) is 0 Å². The minimum absolute atomic E-state index is 0.247. The molecule has 0 spiro atoms. The van der Waals surface area contributed by atoms with E-state index in [1.807, 2.05) is 12.1 Å². The second kappa shape index (κ2) is 5.88. The monoisotopic (exact) mass is 395 g/mol. The van der Waals surface area contributed by atoms with Gasteiger partial charge in [-0.1, -0.05) is 56.1 Å². The van der Waals surface area contributed by atoms with Gasteiger partial charge in [0.15, 0.2) is 0 Å². The number of rotatable bonds is 3. The van der Waals surface area contributed by atoms with Gasteiger partial charge in [-0.3, -0.25) is 0 Å². The van der Waals surface area contributed by atoms with E-state index in [1.165, 1.54) is 11.1 Å². The quantitative estimate of drug-likeness (QED) is 0.788. The molecule has 0 radical (unpaired) electrons. The molecule has 1 aliphatic rings. The number of nitrogens with one attached hydrogen (secondary N) is 1. The van der Waals surface area contributed by atoms with Crippen molar-refractivity contribution in [2.45, 2.75) is 19.0 Å². The summed E-state index contributed by atoms with van der Waals surface area (Å²) in [5, 5.41) is 3.64. The third-order valence-corrected chi connectivity index (χ3v) is 4.76. The lowest BCUT2D eigenvalue weighted by Gasteiger charge is -2.20. The Morgan fingerprint density at radius 3 is 2.80 bits per heavy atom. The average Bonchev–Trinajstić information content (AvgIpc) is 2.82. The average molecular weight is 397 g/mol. The van der Waals surface area contributed by atoms with Crippen LogP contribution in [0.2, 0.25) is 0 Å². The van der Waals surface area contributed by atoms with Gasteiger partial charge in [0.05, 0.1) is 6.04 Å². The van der Waals surface area contributed by atoms with Gasteiger partial charge in [0.1, 0.15) is 12.4 Å². The molecule has 2 unspecified atom stereocenters. The lowest BCUT2D eigenvalue weighted by molar-refractivity contribution is 0.301. The van der Waals surface area contributed by atoms with Crippen LogP contribution in [0.5, 0.6) is 5.75 Å². The minimum atomic E-state index is 0.247. The van der Waals surface area contributed by atoms with Crippen molar-refractivity contribution in [3.63, 3.8) is 0 Å². The van der Waals surface area contributed by atoms with Gasteiger partial charge < -0.3 is 10.1 Å². The van der Waals surface area contributed by atoms with Crippen molar-refractivity contribution in [1.29, 1.82) is 0 Å². The summed E-state index contributed by atoms with van der Waals surface area (Å²) >= 11 is 7.11. The maximum absolute atomic E-state index is 5.72. The molecule has 2 nitrogen and oxygen atoms in total. The van der Waals surface area contributed by atoms with Crippen LogP contribution in [0.15, 0.2) is 51.4 Å². The Morgan fingerprint density at radius 2 is 2.00 bits per heavy atom. The maximum atomic E-state index is 5.72. The van der Waals surface area contributed by atoms with Crippen LogP contribution in [0, 0.1) is 0 Å². The number of fused-ring (bicyclic) bond motifs is 1. The number of hydrogen-bond acceptors (Lipinski definition) is 2. The normalized spacial score (nSPS) is 18.4. The van der Waals surface area contributed by atoms with E-state index in [0.29, 0.717) is 6.61 Å². The number of benzene rings is 2. The number of hydrogen-bond donors (Lipinski definition) is 1. The fourth-order valence-corrected chi connectivity index (χ4v) is 3.94. The van der Waals surface area contributed by atoms with Crippen LogP contribution in [-0.4, -0.2) is 6.61 Å². The Kier molecular flexibility index (Phi) is 4.15. The molecule has 104 valence electrons. The van der Waals surface area contributed by atoms with Crippen LogP contribution in [0.25, 0.3) is 0 Å². The van der Waals surface area contributed by atoms with Crippen molar-refractivity contribution >= 4 is 31.9 Å². The zero-order valence-electron chi connectivity index (χ0n) is 11.1. The van der Waals surface area contributed by atoms with Crippen molar-refractivity contribution in [2.75, 3.05) is 6.61 Å². The van der Waals surface area contributed by atoms with E-state index in [4.69, 9.17) is 4.74 Å². The van der Waals surface area contributed by atoms with E-state index in [0.717, 1.165) is 14.7 Å². The molecule has 0 amide bonds. The summed E-state index contributed by atoms with van der Waals surface area (Å²) in [5.41, 5.74) is 2.49. The standard InChI is InChI=1S/C16H15Br2NO/c1-10(12-7-6-11(17)8-14(12)18)19-15-9-20-16-5-3-2-4-13(15)16/h2-8,10,15,19H,9H2,1H3. The first-order valence-corrected chi connectivity index (χ1v) is 8.16. The third kappa shape index (κ3) is 2.78. The first kappa shape index (κ1) is 14.1. The Morgan fingerprint density at radius 1 is 1.20 bits per heavy atom. The summed E-state index contributed by atoms with van der Waals surface area (Å²) in [4.78, 5) is 0. The van der Waals surface area contributed by atoms with Gasteiger partial charge in [0.2, 0.25) is 0 Å². The summed E-state index contributed by atoms with van der Waals surface area (Å²) in [6.45, 7) is 2.87. The molecule has 1 N–H and O–H groups in total. The second-order valence-corrected chi connectivity index (χ2v) is 6.73. The van der Waals surface area contributed by atoms with Gasteiger partial charge in [-0.2, -0.15) is 0 Å². The zero-order chi connectivity index (χ0) is 14.1. The molecule has 2 aromatic rings. The van der Waals surface area contributed by atoms with Gasteiger partial charge >= 0.3 is 0 Å². The van der Waals surface area contributed by atoms with E-state index in [2.05, 4.69) is 74.4 Å². The molecule has 2 atom stereocenters. The lowest BCUT2D eigenvalue weighted by atomic mass is 10.0. The Balaban J connectivity index is 1.79. The van der Waals surface area contributed by atoms with Crippen molar-refractivity contribution in [2.24, 2.45) is 0 Å². The summed E-state index contributed by atoms with van der Waals surface area (Å²) in [7, 11) is 0. The van der Waals surface area contributed by atoms with Crippen LogP contribution in [-0.2, 0) is 0 Å². The Labute approximate surface area is 135 Å². The van der Waals surface area contributed by atoms with E-state index < -0.39 is 0 Å². The summed E-state index contributed by atoms with van der Waals surface area (Å²) < 4.78 is 7.90. The molecule has 0 aromatic heterocycles. The predicted octanol–water partition coefficient (Wildman–Crippen LogP) is 5.00. The van der Waals surface area contributed by atoms with Crippen LogP contribution in [0.4, 0.5) is 0 Å². The minimum Gasteiger partial charge on any atom is -0.491 e. The Bertz CT molecular complexity index is 630. The molecule has 3 rings (SSSR count). The molecule has 0 fully saturated rings. The Hall–Kier alpha value is -0.840. The number of ether oxygens (including phenoxy) is 1. The maximum Gasteiger partial charge on any atom is 0.124 e. The van der Waals surface area contributed by atoms with Gasteiger partial charge in [0, 0.05) is 20.6 Å². The lowest BCUT2D eigenvalue weighted by Crippen LogP contribution is -2.25. The molecule has 1 aliphatic heterocycles. The summed E-state index contributed by atoms with van der Waals surface area (Å²) in [6.07, 6.45) is 0. The molecule has 1 heterocycles. The summed E-state index contributed by atoms with van der Waals surface area (Å²) in [6, 6.07) is 15.0. The highest BCUT2D eigenvalue weighted by molar-refractivity contribution is 9.11. The van der Waals surface area contributed by atoms with Gasteiger partial charge in [-0.05, 0) is 30.7 Å². The fraction of sp³-hybridized carbons (Fsp3) is 0.250. The van der Waals surface area contributed by atoms with E-state index >= 15 is 0 Å². The fourth-order valence-electron chi connectivity index (χ4n) is 2.54. The second-order valence-electron chi connectivity index (χ2n) is 4.96. The first-order valence-electron chi connectivity index (χ1n) is 6.58. The third-order valence-electron chi connectivity index (χ3n) is 3.58. The van der Waals surface area contributed by atoms with E-state index in [1.54, 1.807) is 0 Å². The van der Waals surface area contributed by atoms with Crippen molar-refractivity contribution in [3.8, 4) is 5.75 Å². The highest BCUT2D eigenvalue weighted by atomic mass is 79.9. The highest BCUT2D eigenvalue weighted by Gasteiger charge is 2.25. The van der Waals surface area contributed by atoms with E-state index in [-0.39, 0.29) is 12.1 Å². The summed E-state index contributed by atoms with van der Waals surface area (Å²) in [5.74, 6) is 0.993.